The summed E-state index contributed by atoms with van der Waals surface area (Å²) in [5.74, 6) is -0.787. The summed E-state index contributed by atoms with van der Waals surface area (Å²) in [5.41, 5.74) is 3.39. The Kier molecular flexibility index (Phi) is 6.41. The number of esters is 1. The van der Waals surface area contributed by atoms with Gasteiger partial charge in [-0.15, -0.1) is 0 Å². The summed E-state index contributed by atoms with van der Waals surface area (Å²) < 4.78 is 6.75. The number of anilines is 2. The summed E-state index contributed by atoms with van der Waals surface area (Å²) >= 11 is 6.14. The van der Waals surface area contributed by atoms with Crippen molar-refractivity contribution in [3.8, 4) is 5.82 Å². The van der Waals surface area contributed by atoms with E-state index < -0.39 is 18.5 Å². The van der Waals surface area contributed by atoms with Gasteiger partial charge in [0.15, 0.2) is 18.1 Å². The molecule has 2 aromatic heterocycles. The number of aromatic nitrogens is 3. The zero-order valence-corrected chi connectivity index (χ0v) is 18.7. The number of pyridine rings is 1. The lowest BCUT2D eigenvalue weighted by Crippen LogP contribution is -2.22. The minimum absolute atomic E-state index is 0.0699. The van der Waals surface area contributed by atoms with E-state index in [2.05, 4.69) is 20.3 Å². The van der Waals surface area contributed by atoms with E-state index in [0.29, 0.717) is 11.5 Å². The maximum Gasteiger partial charge on any atom is 0.359 e. The van der Waals surface area contributed by atoms with Crippen molar-refractivity contribution in [2.45, 2.75) is 26.7 Å². The van der Waals surface area contributed by atoms with Gasteiger partial charge in [0.25, 0.3) is 5.91 Å². The molecule has 8 nitrogen and oxygen atoms in total. The normalized spacial score (nSPS) is 13.3. The highest BCUT2D eigenvalue weighted by Crippen LogP contribution is 2.22. The van der Waals surface area contributed by atoms with Gasteiger partial charge in [-0.2, -0.15) is 5.10 Å². The van der Waals surface area contributed by atoms with Crippen LogP contribution in [0.3, 0.4) is 0 Å². The monoisotopic (exact) mass is 453 g/mol. The number of ether oxygens (including phenoxy) is 1. The van der Waals surface area contributed by atoms with Crippen LogP contribution in [0.5, 0.6) is 0 Å². The Hall–Kier alpha value is -3.39. The highest BCUT2D eigenvalue weighted by molar-refractivity contribution is 6.33. The molecule has 3 heterocycles. The standard InChI is InChI=1S/C23H24ClN5O3/c1-15-13-16(2)29(27-15)20-10-9-19(24)22(26-20)23(31)32-14-21(30)25-17-5-7-18(8-6-17)28-11-3-4-12-28/h5-10,13H,3-4,11-12,14H2,1-2H3,(H,25,30). The van der Waals surface area contributed by atoms with Crippen molar-refractivity contribution < 1.29 is 14.3 Å². The summed E-state index contributed by atoms with van der Waals surface area (Å²) in [6.07, 6.45) is 2.40. The maximum absolute atomic E-state index is 12.5. The van der Waals surface area contributed by atoms with Crippen molar-refractivity contribution in [3.05, 3.63) is 64.6 Å². The maximum atomic E-state index is 12.5. The van der Waals surface area contributed by atoms with Crippen molar-refractivity contribution in [2.24, 2.45) is 0 Å². The second-order valence-corrected chi connectivity index (χ2v) is 8.11. The lowest BCUT2D eigenvalue weighted by molar-refractivity contribution is -0.119. The molecule has 9 heteroatoms. The third-order valence-electron chi connectivity index (χ3n) is 5.21. The molecule has 1 N–H and O–H groups in total. The second kappa shape index (κ2) is 9.40. The molecule has 0 atom stereocenters. The lowest BCUT2D eigenvalue weighted by Gasteiger charge is -2.17. The fraction of sp³-hybridized carbons (Fsp3) is 0.304. The van der Waals surface area contributed by atoms with E-state index in [-0.39, 0.29) is 10.7 Å². The molecule has 3 aromatic rings. The molecule has 0 aliphatic carbocycles. The number of aryl methyl sites for hydroxylation is 2. The molecule has 0 saturated carbocycles. The largest absolute Gasteiger partial charge is 0.451 e. The van der Waals surface area contributed by atoms with Crippen molar-refractivity contribution in [1.82, 2.24) is 14.8 Å². The Labute approximate surface area is 191 Å². The molecule has 1 fully saturated rings. The van der Waals surface area contributed by atoms with E-state index in [1.54, 1.807) is 16.8 Å². The van der Waals surface area contributed by atoms with E-state index in [1.807, 2.05) is 44.2 Å². The zero-order chi connectivity index (χ0) is 22.7. The Morgan fingerprint density at radius 3 is 2.47 bits per heavy atom. The van der Waals surface area contributed by atoms with Crippen molar-refractivity contribution in [2.75, 3.05) is 29.9 Å². The van der Waals surface area contributed by atoms with Crippen molar-refractivity contribution >= 4 is 34.9 Å². The molecule has 166 valence electrons. The average Bonchev–Trinajstić information content (AvgIpc) is 3.42. The van der Waals surface area contributed by atoms with Gasteiger partial charge in [-0.3, -0.25) is 4.79 Å². The van der Waals surface area contributed by atoms with Crippen LogP contribution in [0.1, 0.15) is 34.7 Å². The van der Waals surface area contributed by atoms with Gasteiger partial charge < -0.3 is 15.0 Å². The minimum atomic E-state index is -0.780. The molecule has 0 unspecified atom stereocenters. The lowest BCUT2D eigenvalue weighted by atomic mass is 10.2. The van der Waals surface area contributed by atoms with Gasteiger partial charge in [-0.1, -0.05) is 11.6 Å². The van der Waals surface area contributed by atoms with Crippen molar-refractivity contribution in [3.63, 3.8) is 0 Å². The number of rotatable bonds is 6. The van der Waals surface area contributed by atoms with Gasteiger partial charge >= 0.3 is 5.97 Å². The van der Waals surface area contributed by atoms with Crippen LogP contribution in [-0.4, -0.2) is 46.3 Å². The van der Waals surface area contributed by atoms with Gasteiger partial charge in [-0.05, 0) is 69.2 Å². The molecule has 0 spiro atoms. The molecule has 0 radical (unpaired) electrons. The Morgan fingerprint density at radius 2 is 1.81 bits per heavy atom. The molecule has 32 heavy (non-hydrogen) atoms. The molecule has 1 aliphatic rings. The smallest absolute Gasteiger partial charge is 0.359 e. The summed E-state index contributed by atoms with van der Waals surface area (Å²) in [6, 6.07) is 12.7. The first-order valence-corrected chi connectivity index (χ1v) is 10.8. The highest BCUT2D eigenvalue weighted by atomic mass is 35.5. The Morgan fingerprint density at radius 1 is 1.09 bits per heavy atom. The summed E-state index contributed by atoms with van der Waals surface area (Å²) in [5, 5.41) is 7.22. The van der Waals surface area contributed by atoms with E-state index in [0.717, 1.165) is 30.2 Å². The number of carbonyl (C=O) groups is 2. The first kappa shape index (κ1) is 21.8. The third-order valence-corrected chi connectivity index (χ3v) is 5.51. The number of hydrogen-bond donors (Lipinski definition) is 1. The third kappa shape index (κ3) is 4.91. The predicted molar refractivity (Wildman–Crippen MR) is 123 cm³/mol. The number of amides is 1. The highest BCUT2D eigenvalue weighted by Gasteiger charge is 2.18. The SMILES string of the molecule is Cc1cc(C)n(-c2ccc(Cl)c(C(=O)OCC(=O)Nc3ccc(N4CCCC4)cc3)n2)n1. The molecular weight excluding hydrogens is 430 g/mol. The molecule has 0 bridgehead atoms. The first-order chi connectivity index (χ1) is 15.4. The average molecular weight is 454 g/mol. The molecule has 4 rings (SSSR count). The van der Waals surface area contributed by atoms with Crippen molar-refractivity contribution in [1.29, 1.82) is 0 Å². The van der Waals surface area contributed by atoms with Crippen LogP contribution in [0.25, 0.3) is 5.82 Å². The van der Waals surface area contributed by atoms with Crippen LogP contribution in [0.4, 0.5) is 11.4 Å². The van der Waals surface area contributed by atoms with Gasteiger partial charge in [-0.25, -0.2) is 14.5 Å². The molecule has 1 saturated heterocycles. The van der Waals surface area contributed by atoms with Crippen LogP contribution in [0.2, 0.25) is 5.02 Å². The van der Waals surface area contributed by atoms with Crippen LogP contribution in [0, 0.1) is 13.8 Å². The quantitative estimate of drug-likeness (QED) is 0.569. The van der Waals surface area contributed by atoms with Crippen LogP contribution in [-0.2, 0) is 9.53 Å². The molecular formula is C23H24ClN5O3. The minimum Gasteiger partial charge on any atom is -0.451 e. The summed E-state index contributed by atoms with van der Waals surface area (Å²) in [4.78, 5) is 31.3. The van der Waals surface area contributed by atoms with E-state index in [9.17, 15) is 9.59 Å². The topological polar surface area (TPSA) is 89.4 Å². The van der Waals surface area contributed by atoms with Gasteiger partial charge in [0.1, 0.15) is 0 Å². The number of nitrogens with one attached hydrogen (secondary N) is 1. The fourth-order valence-electron chi connectivity index (χ4n) is 3.68. The Bertz CT molecular complexity index is 1140. The molecule has 1 amide bonds. The summed E-state index contributed by atoms with van der Waals surface area (Å²) in [7, 11) is 0. The van der Waals surface area contributed by atoms with Crippen LogP contribution in [0.15, 0.2) is 42.5 Å². The van der Waals surface area contributed by atoms with Gasteiger partial charge in [0.2, 0.25) is 0 Å². The van der Waals surface area contributed by atoms with Crippen LogP contribution < -0.4 is 10.2 Å². The van der Waals surface area contributed by atoms with E-state index in [1.165, 1.54) is 12.8 Å². The van der Waals surface area contributed by atoms with Crippen LogP contribution >= 0.6 is 11.6 Å². The summed E-state index contributed by atoms with van der Waals surface area (Å²) in [6.45, 7) is 5.41. The number of nitrogens with zero attached hydrogens (tertiary/aromatic N) is 4. The predicted octanol–water partition coefficient (Wildman–Crippen LogP) is 3.93. The van der Waals surface area contributed by atoms with Gasteiger partial charge in [0, 0.05) is 30.2 Å². The van der Waals surface area contributed by atoms with E-state index >= 15 is 0 Å². The second-order valence-electron chi connectivity index (χ2n) is 7.70. The fourth-order valence-corrected chi connectivity index (χ4v) is 3.86. The number of hydrogen-bond acceptors (Lipinski definition) is 6. The first-order valence-electron chi connectivity index (χ1n) is 10.4. The van der Waals surface area contributed by atoms with E-state index in [4.69, 9.17) is 16.3 Å². The molecule has 1 aliphatic heterocycles. The number of halogens is 1. The molecule has 1 aromatic carbocycles. The number of carbonyl (C=O) groups excluding carboxylic acids is 2. The Balaban J connectivity index is 1.36. The number of benzene rings is 1. The van der Waals surface area contributed by atoms with Gasteiger partial charge in [0.05, 0.1) is 10.7 Å². The zero-order valence-electron chi connectivity index (χ0n) is 18.0.